The smallest absolute Gasteiger partial charge is 0.331 e. The van der Waals surface area contributed by atoms with Crippen LogP contribution in [-0.2, 0) is 19.2 Å². The summed E-state index contributed by atoms with van der Waals surface area (Å²) in [4.78, 5) is 46.7. The first-order valence-electron chi connectivity index (χ1n) is 7.15. The van der Waals surface area contributed by atoms with Crippen molar-refractivity contribution in [3.63, 3.8) is 0 Å². The SMILES string of the molecule is O=C(O)CCC(NC(=O)CN1CC(=O)Oc2ccccc21)C(=O)O. The average Bonchev–Trinajstić information content (AvgIpc) is 2.50. The van der Waals surface area contributed by atoms with Gasteiger partial charge in [0.2, 0.25) is 5.91 Å². The molecule has 1 aromatic rings. The summed E-state index contributed by atoms with van der Waals surface area (Å²) >= 11 is 0. The van der Waals surface area contributed by atoms with Gasteiger partial charge in [-0.25, -0.2) is 9.59 Å². The highest BCUT2D eigenvalue weighted by Gasteiger charge is 2.27. The lowest BCUT2D eigenvalue weighted by Gasteiger charge is -2.29. The summed E-state index contributed by atoms with van der Waals surface area (Å²) in [6.45, 7) is -0.389. The molecule has 0 aromatic heterocycles. The molecule has 1 unspecified atom stereocenters. The number of anilines is 1. The van der Waals surface area contributed by atoms with Crippen LogP contribution in [0.3, 0.4) is 0 Å². The van der Waals surface area contributed by atoms with Gasteiger partial charge in [-0.1, -0.05) is 12.1 Å². The molecule has 1 amide bonds. The number of hydrogen-bond donors (Lipinski definition) is 3. The van der Waals surface area contributed by atoms with Gasteiger partial charge in [-0.2, -0.15) is 0 Å². The Kier molecular flexibility index (Phi) is 5.35. The zero-order valence-electron chi connectivity index (χ0n) is 12.6. The van der Waals surface area contributed by atoms with Crippen LogP contribution in [0.1, 0.15) is 12.8 Å². The van der Waals surface area contributed by atoms with Crippen LogP contribution in [-0.4, -0.2) is 53.2 Å². The van der Waals surface area contributed by atoms with Crippen molar-refractivity contribution in [1.82, 2.24) is 5.32 Å². The Balaban J connectivity index is 2.02. The predicted molar refractivity (Wildman–Crippen MR) is 80.7 cm³/mol. The fraction of sp³-hybridized carbons (Fsp3) is 0.333. The number of carboxylic acid groups (broad SMARTS) is 2. The number of para-hydroxylation sites is 2. The Morgan fingerprint density at radius 1 is 1.25 bits per heavy atom. The minimum Gasteiger partial charge on any atom is -0.481 e. The number of fused-ring (bicyclic) bond motifs is 1. The third-order valence-corrected chi connectivity index (χ3v) is 3.36. The van der Waals surface area contributed by atoms with E-state index >= 15 is 0 Å². The van der Waals surface area contributed by atoms with E-state index in [0.29, 0.717) is 11.4 Å². The molecule has 24 heavy (non-hydrogen) atoms. The standard InChI is InChI=1S/C15H16N2O7/c18-12(16-9(15(22)23)5-6-13(19)20)7-17-8-14(21)24-11-4-2-1-3-10(11)17/h1-4,9H,5-8H2,(H,16,18)(H,19,20)(H,22,23). The average molecular weight is 336 g/mol. The van der Waals surface area contributed by atoms with E-state index in [1.165, 1.54) is 4.90 Å². The fourth-order valence-corrected chi connectivity index (χ4v) is 2.28. The number of amides is 1. The molecule has 9 heteroatoms. The minimum atomic E-state index is -1.32. The van der Waals surface area contributed by atoms with Crippen LogP contribution in [0.4, 0.5) is 5.69 Å². The lowest BCUT2D eigenvalue weighted by atomic mass is 10.1. The predicted octanol–water partition coefficient (Wildman–Crippen LogP) is -0.154. The number of nitrogens with one attached hydrogen (secondary N) is 1. The van der Waals surface area contributed by atoms with Gasteiger partial charge in [0.15, 0.2) is 5.75 Å². The molecule has 0 spiro atoms. The number of rotatable bonds is 7. The summed E-state index contributed by atoms with van der Waals surface area (Å²) in [5.41, 5.74) is 0.546. The van der Waals surface area contributed by atoms with E-state index in [-0.39, 0.29) is 25.9 Å². The molecule has 0 bridgehead atoms. The number of ether oxygens (including phenoxy) is 1. The van der Waals surface area contributed by atoms with Gasteiger partial charge in [0.1, 0.15) is 12.6 Å². The van der Waals surface area contributed by atoms with Gasteiger partial charge in [0.05, 0.1) is 12.2 Å². The maximum atomic E-state index is 12.1. The van der Waals surface area contributed by atoms with Crippen molar-refractivity contribution in [3.8, 4) is 5.75 Å². The largest absolute Gasteiger partial charge is 0.481 e. The number of carboxylic acids is 2. The van der Waals surface area contributed by atoms with Crippen LogP contribution < -0.4 is 15.0 Å². The molecule has 0 aliphatic carbocycles. The molecule has 1 heterocycles. The summed E-state index contributed by atoms with van der Waals surface area (Å²) in [6.07, 6.45) is -0.606. The van der Waals surface area contributed by atoms with E-state index in [1.54, 1.807) is 24.3 Å². The van der Waals surface area contributed by atoms with E-state index in [2.05, 4.69) is 5.32 Å². The van der Waals surface area contributed by atoms with E-state index < -0.39 is 29.9 Å². The number of carbonyl (C=O) groups excluding carboxylic acids is 2. The second-order valence-corrected chi connectivity index (χ2v) is 5.19. The Morgan fingerprint density at radius 2 is 1.96 bits per heavy atom. The van der Waals surface area contributed by atoms with Gasteiger partial charge in [0.25, 0.3) is 0 Å². The first-order chi connectivity index (χ1) is 11.4. The number of aliphatic carboxylic acids is 2. The third kappa shape index (κ3) is 4.45. The molecule has 3 N–H and O–H groups in total. The highest BCUT2D eigenvalue weighted by atomic mass is 16.5. The van der Waals surface area contributed by atoms with Gasteiger partial charge in [-0.05, 0) is 18.6 Å². The molecule has 0 saturated heterocycles. The molecule has 0 saturated carbocycles. The summed E-state index contributed by atoms with van der Waals surface area (Å²) in [5, 5.41) is 19.9. The van der Waals surface area contributed by atoms with Crippen molar-refractivity contribution >= 4 is 29.5 Å². The number of hydrogen-bond acceptors (Lipinski definition) is 6. The molecular formula is C15H16N2O7. The monoisotopic (exact) mass is 336 g/mol. The summed E-state index contributed by atoms with van der Waals surface area (Å²) in [6, 6.07) is 5.36. The van der Waals surface area contributed by atoms with Gasteiger partial charge in [-0.15, -0.1) is 0 Å². The number of esters is 1. The molecule has 1 atom stereocenters. The zero-order valence-corrected chi connectivity index (χ0v) is 12.6. The molecule has 1 aromatic carbocycles. The van der Waals surface area contributed by atoms with Crippen LogP contribution in [0, 0.1) is 0 Å². The molecule has 1 aliphatic heterocycles. The van der Waals surface area contributed by atoms with E-state index in [9.17, 15) is 19.2 Å². The van der Waals surface area contributed by atoms with Crippen LogP contribution in [0.15, 0.2) is 24.3 Å². The van der Waals surface area contributed by atoms with Crippen molar-refractivity contribution in [2.75, 3.05) is 18.0 Å². The van der Waals surface area contributed by atoms with E-state index in [1.807, 2.05) is 0 Å². The van der Waals surface area contributed by atoms with Gasteiger partial charge in [0, 0.05) is 6.42 Å². The summed E-state index contributed by atoms with van der Waals surface area (Å²) in [5.74, 6) is -3.30. The summed E-state index contributed by atoms with van der Waals surface area (Å²) in [7, 11) is 0. The maximum Gasteiger partial charge on any atom is 0.331 e. The van der Waals surface area contributed by atoms with Crippen LogP contribution in [0.25, 0.3) is 0 Å². The first-order valence-corrected chi connectivity index (χ1v) is 7.15. The number of nitrogens with zero attached hydrogens (tertiary/aromatic N) is 1. The highest BCUT2D eigenvalue weighted by Crippen LogP contribution is 2.30. The quantitative estimate of drug-likeness (QED) is 0.462. The van der Waals surface area contributed by atoms with Gasteiger partial charge < -0.3 is 25.2 Å². The Morgan fingerprint density at radius 3 is 2.62 bits per heavy atom. The second kappa shape index (κ2) is 7.44. The maximum absolute atomic E-state index is 12.1. The minimum absolute atomic E-state index is 0.142. The van der Waals surface area contributed by atoms with Crippen molar-refractivity contribution in [3.05, 3.63) is 24.3 Å². The number of benzene rings is 1. The first kappa shape index (κ1) is 17.3. The molecule has 9 nitrogen and oxygen atoms in total. The Bertz CT molecular complexity index is 674. The molecule has 128 valence electrons. The Hall–Kier alpha value is -3.10. The van der Waals surface area contributed by atoms with Crippen molar-refractivity contribution in [1.29, 1.82) is 0 Å². The molecular weight excluding hydrogens is 320 g/mol. The van der Waals surface area contributed by atoms with E-state index in [0.717, 1.165) is 0 Å². The molecule has 1 aliphatic rings. The Labute approximate surface area is 136 Å². The second-order valence-electron chi connectivity index (χ2n) is 5.19. The number of carbonyl (C=O) groups is 4. The van der Waals surface area contributed by atoms with Crippen molar-refractivity contribution in [2.45, 2.75) is 18.9 Å². The topological polar surface area (TPSA) is 133 Å². The van der Waals surface area contributed by atoms with Gasteiger partial charge in [-0.3, -0.25) is 9.59 Å². The van der Waals surface area contributed by atoms with Crippen molar-refractivity contribution < 1.29 is 34.1 Å². The van der Waals surface area contributed by atoms with Crippen LogP contribution >= 0.6 is 0 Å². The lowest BCUT2D eigenvalue weighted by molar-refractivity contribution is -0.143. The summed E-state index contributed by atoms with van der Waals surface area (Å²) < 4.78 is 5.06. The molecule has 0 fully saturated rings. The van der Waals surface area contributed by atoms with Crippen molar-refractivity contribution in [2.24, 2.45) is 0 Å². The zero-order chi connectivity index (χ0) is 17.7. The fourth-order valence-electron chi connectivity index (χ4n) is 2.28. The van der Waals surface area contributed by atoms with Gasteiger partial charge >= 0.3 is 17.9 Å². The highest BCUT2D eigenvalue weighted by molar-refractivity contribution is 5.91. The molecule has 0 radical (unpaired) electrons. The van der Waals surface area contributed by atoms with Crippen LogP contribution in [0.5, 0.6) is 5.75 Å². The normalized spacial score (nSPS) is 14.3. The van der Waals surface area contributed by atoms with Crippen LogP contribution in [0.2, 0.25) is 0 Å². The third-order valence-electron chi connectivity index (χ3n) is 3.36. The molecule has 2 rings (SSSR count). The lowest BCUT2D eigenvalue weighted by Crippen LogP contribution is -2.48. The van der Waals surface area contributed by atoms with E-state index in [4.69, 9.17) is 14.9 Å².